The SMILES string of the molecule is COc1cc([N+](=O)[O-])cc2cc(C3=CN4CCC3CC4)oc12. The molecule has 0 spiro atoms. The van der Waals surface area contributed by atoms with Gasteiger partial charge in [-0.15, -0.1) is 0 Å². The van der Waals surface area contributed by atoms with Gasteiger partial charge in [0.05, 0.1) is 18.1 Å². The fourth-order valence-electron chi connectivity index (χ4n) is 3.41. The molecule has 6 heteroatoms. The predicted molar refractivity (Wildman–Crippen MR) is 81.7 cm³/mol. The minimum absolute atomic E-state index is 0.0135. The van der Waals surface area contributed by atoms with Crippen LogP contribution in [0.2, 0.25) is 0 Å². The van der Waals surface area contributed by atoms with E-state index in [0.717, 1.165) is 31.7 Å². The van der Waals surface area contributed by atoms with E-state index in [1.165, 1.54) is 24.8 Å². The first-order valence-corrected chi connectivity index (χ1v) is 7.38. The Bertz CT molecular complexity index is 785. The fourth-order valence-corrected chi connectivity index (χ4v) is 3.41. The van der Waals surface area contributed by atoms with Crippen molar-refractivity contribution in [1.29, 1.82) is 0 Å². The van der Waals surface area contributed by atoms with Crippen molar-refractivity contribution < 1.29 is 14.1 Å². The summed E-state index contributed by atoms with van der Waals surface area (Å²) in [6.07, 6.45) is 4.44. The third kappa shape index (κ3) is 1.94. The first kappa shape index (κ1) is 13.2. The number of non-ortho nitro benzene ring substituents is 1. The third-order valence-corrected chi connectivity index (χ3v) is 4.57. The molecule has 1 aromatic heterocycles. The number of ether oxygens (including phenoxy) is 1. The molecule has 6 nitrogen and oxygen atoms in total. The van der Waals surface area contributed by atoms with Gasteiger partial charge in [0.15, 0.2) is 11.3 Å². The number of furan rings is 1. The van der Waals surface area contributed by atoms with Gasteiger partial charge in [-0.2, -0.15) is 0 Å². The Morgan fingerprint density at radius 3 is 2.68 bits per heavy atom. The lowest BCUT2D eigenvalue weighted by molar-refractivity contribution is -0.384. The number of rotatable bonds is 3. The van der Waals surface area contributed by atoms with Crippen LogP contribution in [0.3, 0.4) is 0 Å². The summed E-state index contributed by atoms with van der Waals surface area (Å²) in [5.74, 6) is 1.71. The Balaban J connectivity index is 1.85. The summed E-state index contributed by atoms with van der Waals surface area (Å²) in [7, 11) is 1.49. The molecule has 4 heterocycles. The van der Waals surface area contributed by atoms with Crippen LogP contribution in [0.25, 0.3) is 16.5 Å². The first-order valence-electron chi connectivity index (χ1n) is 7.38. The second-order valence-corrected chi connectivity index (χ2v) is 5.83. The number of nitro groups is 1. The van der Waals surface area contributed by atoms with E-state index in [1.54, 1.807) is 0 Å². The highest BCUT2D eigenvalue weighted by Crippen LogP contribution is 2.41. The molecule has 22 heavy (non-hydrogen) atoms. The Morgan fingerprint density at radius 1 is 1.32 bits per heavy atom. The number of fused-ring (bicyclic) bond motifs is 3. The highest BCUT2D eigenvalue weighted by atomic mass is 16.6. The van der Waals surface area contributed by atoms with Crippen molar-refractivity contribution in [3.8, 4) is 5.75 Å². The molecule has 5 rings (SSSR count). The van der Waals surface area contributed by atoms with Gasteiger partial charge in [0.2, 0.25) is 0 Å². The van der Waals surface area contributed by atoms with Crippen molar-refractivity contribution in [2.45, 2.75) is 12.8 Å². The Morgan fingerprint density at radius 2 is 2.09 bits per heavy atom. The molecule has 0 amide bonds. The number of benzene rings is 1. The minimum Gasteiger partial charge on any atom is -0.493 e. The number of allylic oxidation sites excluding steroid dienone is 1. The van der Waals surface area contributed by atoms with Crippen LogP contribution in [0.15, 0.2) is 28.8 Å². The molecule has 3 aliphatic heterocycles. The number of nitrogens with zero attached hydrogens (tertiary/aromatic N) is 2. The molecule has 0 aliphatic carbocycles. The Hall–Kier alpha value is -2.50. The molecule has 0 unspecified atom stereocenters. The lowest BCUT2D eigenvalue weighted by Crippen LogP contribution is -2.35. The van der Waals surface area contributed by atoms with Gasteiger partial charge >= 0.3 is 0 Å². The molecule has 0 atom stereocenters. The van der Waals surface area contributed by atoms with Crippen LogP contribution in [0.5, 0.6) is 5.75 Å². The van der Waals surface area contributed by atoms with Crippen molar-refractivity contribution in [3.63, 3.8) is 0 Å². The molecule has 0 saturated carbocycles. The first-order chi connectivity index (χ1) is 10.7. The smallest absolute Gasteiger partial charge is 0.274 e. The average Bonchev–Trinajstić information content (AvgIpc) is 2.98. The molecular weight excluding hydrogens is 284 g/mol. The molecule has 2 bridgehead atoms. The highest BCUT2D eigenvalue weighted by molar-refractivity contribution is 5.89. The highest BCUT2D eigenvalue weighted by Gasteiger charge is 2.30. The van der Waals surface area contributed by atoms with Crippen molar-refractivity contribution in [1.82, 2.24) is 4.90 Å². The van der Waals surface area contributed by atoms with E-state index in [-0.39, 0.29) is 5.69 Å². The van der Waals surface area contributed by atoms with Gasteiger partial charge < -0.3 is 14.1 Å². The van der Waals surface area contributed by atoms with Gasteiger partial charge in [-0.3, -0.25) is 10.1 Å². The van der Waals surface area contributed by atoms with Gasteiger partial charge in [0.1, 0.15) is 5.76 Å². The van der Waals surface area contributed by atoms with Crippen LogP contribution in [-0.2, 0) is 0 Å². The zero-order valence-electron chi connectivity index (χ0n) is 12.2. The third-order valence-electron chi connectivity index (χ3n) is 4.57. The normalized spacial score (nSPS) is 17.9. The van der Waals surface area contributed by atoms with Crippen molar-refractivity contribution in [2.75, 3.05) is 20.2 Å². The number of hydrogen-bond acceptors (Lipinski definition) is 5. The molecule has 3 aliphatic rings. The molecule has 1 fully saturated rings. The lowest BCUT2D eigenvalue weighted by Gasteiger charge is -2.38. The van der Waals surface area contributed by atoms with E-state index in [9.17, 15) is 10.1 Å². The van der Waals surface area contributed by atoms with Gasteiger partial charge in [0.25, 0.3) is 5.69 Å². The maximum atomic E-state index is 11.0. The van der Waals surface area contributed by atoms with E-state index in [1.807, 2.05) is 6.07 Å². The molecule has 2 aromatic rings. The zero-order valence-corrected chi connectivity index (χ0v) is 12.2. The van der Waals surface area contributed by atoms with Crippen LogP contribution in [0.1, 0.15) is 18.6 Å². The molecular formula is C16H16N2O4. The van der Waals surface area contributed by atoms with Crippen LogP contribution in [0.4, 0.5) is 5.69 Å². The van der Waals surface area contributed by atoms with Crippen molar-refractivity contribution in [3.05, 3.63) is 40.3 Å². The summed E-state index contributed by atoms with van der Waals surface area (Å²) in [6.45, 7) is 2.20. The predicted octanol–water partition coefficient (Wildman–Crippen LogP) is 3.42. The lowest BCUT2D eigenvalue weighted by atomic mass is 9.84. The molecule has 1 aromatic carbocycles. The fraction of sp³-hybridized carbons (Fsp3) is 0.375. The van der Waals surface area contributed by atoms with Gasteiger partial charge in [-0.25, -0.2) is 0 Å². The number of piperidine rings is 1. The van der Waals surface area contributed by atoms with Gasteiger partial charge in [-0.05, 0) is 24.8 Å². The van der Waals surface area contributed by atoms with Crippen LogP contribution in [0, 0.1) is 16.0 Å². The standard InChI is InChI=1S/C16H16N2O4/c1-21-15-8-12(18(19)20)6-11-7-14(22-16(11)15)13-9-17-4-2-10(13)3-5-17/h6-10H,2-5H2,1H3. The maximum absolute atomic E-state index is 11.0. The van der Waals surface area contributed by atoms with E-state index in [2.05, 4.69) is 11.1 Å². The largest absolute Gasteiger partial charge is 0.493 e. The van der Waals surface area contributed by atoms with Gasteiger partial charge in [-0.1, -0.05) is 0 Å². The second kappa shape index (κ2) is 4.76. The Kier molecular flexibility index (Phi) is 2.85. The second-order valence-electron chi connectivity index (χ2n) is 5.83. The summed E-state index contributed by atoms with van der Waals surface area (Å²) in [4.78, 5) is 12.9. The molecule has 0 N–H and O–H groups in total. The quantitative estimate of drug-likeness (QED) is 0.641. The van der Waals surface area contributed by atoms with E-state index < -0.39 is 4.92 Å². The van der Waals surface area contributed by atoms with Crippen LogP contribution in [-0.4, -0.2) is 30.0 Å². The average molecular weight is 300 g/mol. The maximum Gasteiger partial charge on any atom is 0.274 e. The summed E-state index contributed by atoms with van der Waals surface area (Å²) in [6, 6.07) is 4.83. The summed E-state index contributed by atoms with van der Waals surface area (Å²) in [5, 5.41) is 11.7. The topological polar surface area (TPSA) is 68.8 Å². The van der Waals surface area contributed by atoms with E-state index in [4.69, 9.17) is 9.15 Å². The van der Waals surface area contributed by atoms with E-state index in [0.29, 0.717) is 22.6 Å². The summed E-state index contributed by atoms with van der Waals surface area (Å²) < 4.78 is 11.2. The minimum atomic E-state index is -0.415. The number of hydrogen-bond donors (Lipinski definition) is 0. The monoisotopic (exact) mass is 300 g/mol. The number of nitro benzene ring substituents is 1. The summed E-state index contributed by atoms with van der Waals surface area (Å²) >= 11 is 0. The van der Waals surface area contributed by atoms with Crippen molar-refractivity contribution >= 4 is 22.2 Å². The molecule has 0 radical (unpaired) electrons. The summed E-state index contributed by atoms with van der Waals surface area (Å²) in [5.41, 5.74) is 1.78. The van der Waals surface area contributed by atoms with Crippen LogP contribution < -0.4 is 4.74 Å². The molecule has 114 valence electrons. The Labute approximate surface area is 127 Å². The van der Waals surface area contributed by atoms with Crippen LogP contribution >= 0.6 is 0 Å². The number of methoxy groups -OCH3 is 1. The molecule has 1 saturated heterocycles. The van der Waals surface area contributed by atoms with E-state index >= 15 is 0 Å². The van der Waals surface area contributed by atoms with Gasteiger partial charge in [0, 0.05) is 36.3 Å². The zero-order chi connectivity index (χ0) is 15.3. The van der Waals surface area contributed by atoms with Crippen molar-refractivity contribution in [2.24, 2.45) is 5.92 Å².